The van der Waals surface area contributed by atoms with Crippen LogP contribution in [-0.2, 0) is 4.79 Å². The molecular formula is C25H21BrN4O3. The highest BCUT2D eigenvalue weighted by molar-refractivity contribution is 9.10. The third-order valence-corrected chi connectivity index (χ3v) is 4.82. The van der Waals surface area contributed by atoms with Crippen LogP contribution in [-0.4, -0.2) is 33.0 Å². The number of aliphatic carboxylic acids is 1. The van der Waals surface area contributed by atoms with E-state index in [0.29, 0.717) is 5.56 Å². The van der Waals surface area contributed by atoms with E-state index in [-0.39, 0.29) is 5.91 Å². The maximum Gasteiger partial charge on any atom is 0.300 e. The molecule has 7 nitrogen and oxygen atoms in total. The monoisotopic (exact) mass is 504 g/mol. The number of nitrogens with one attached hydrogen (secondary N) is 1. The van der Waals surface area contributed by atoms with Crippen molar-refractivity contribution in [2.75, 3.05) is 0 Å². The first-order valence-corrected chi connectivity index (χ1v) is 10.7. The summed E-state index contributed by atoms with van der Waals surface area (Å²) in [6, 6.07) is 26.8. The van der Waals surface area contributed by atoms with Crippen LogP contribution in [0.2, 0.25) is 0 Å². The number of nitrogens with zero attached hydrogens (tertiary/aromatic N) is 3. The van der Waals surface area contributed by atoms with Crippen LogP contribution >= 0.6 is 15.9 Å². The van der Waals surface area contributed by atoms with Gasteiger partial charge in [-0.05, 0) is 36.4 Å². The average molecular weight is 505 g/mol. The molecule has 0 unspecified atom stereocenters. The molecule has 166 valence electrons. The molecule has 0 aliphatic heterocycles. The van der Waals surface area contributed by atoms with E-state index >= 15 is 0 Å². The largest absolute Gasteiger partial charge is 0.481 e. The minimum atomic E-state index is -0.833. The van der Waals surface area contributed by atoms with Crippen molar-refractivity contribution in [1.29, 1.82) is 0 Å². The van der Waals surface area contributed by atoms with Crippen LogP contribution in [0.1, 0.15) is 22.8 Å². The van der Waals surface area contributed by atoms with Gasteiger partial charge in [0.05, 0.1) is 11.9 Å². The van der Waals surface area contributed by atoms with Crippen molar-refractivity contribution in [3.8, 4) is 16.9 Å². The van der Waals surface area contributed by atoms with E-state index in [0.717, 1.165) is 33.9 Å². The number of benzene rings is 3. The second-order valence-corrected chi connectivity index (χ2v) is 7.72. The Morgan fingerprint density at radius 3 is 2.15 bits per heavy atom. The lowest BCUT2D eigenvalue weighted by atomic mass is 10.1. The Balaban J connectivity index is 0.000000709. The molecule has 0 atom stereocenters. The summed E-state index contributed by atoms with van der Waals surface area (Å²) in [4.78, 5) is 21.3. The molecule has 4 rings (SSSR count). The number of carboxylic acid groups (broad SMARTS) is 1. The first-order chi connectivity index (χ1) is 15.9. The minimum Gasteiger partial charge on any atom is -0.481 e. The first-order valence-electron chi connectivity index (χ1n) is 9.93. The maximum absolute atomic E-state index is 12.3. The van der Waals surface area contributed by atoms with Crippen molar-refractivity contribution in [1.82, 2.24) is 15.2 Å². The van der Waals surface area contributed by atoms with E-state index in [1.807, 2.05) is 79.0 Å². The van der Waals surface area contributed by atoms with Crippen molar-refractivity contribution >= 4 is 34.0 Å². The summed E-state index contributed by atoms with van der Waals surface area (Å²) >= 11 is 3.36. The third kappa shape index (κ3) is 6.98. The Labute approximate surface area is 199 Å². The van der Waals surface area contributed by atoms with E-state index in [1.54, 1.807) is 23.0 Å². The van der Waals surface area contributed by atoms with Gasteiger partial charge in [0, 0.05) is 34.3 Å². The molecule has 0 saturated carbocycles. The maximum atomic E-state index is 12.3. The van der Waals surface area contributed by atoms with Gasteiger partial charge in [-0.2, -0.15) is 10.2 Å². The van der Waals surface area contributed by atoms with Crippen molar-refractivity contribution in [3.05, 3.63) is 107 Å². The molecule has 0 bridgehead atoms. The van der Waals surface area contributed by atoms with Gasteiger partial charge in [0.25, 0.3) is 11.9 Å². The summed E-state index contributed by atoms with van der Waals surface area (Å²) in [7, 11) is 0. The Hall–Kier alpha value is -4.04. The van der Waals surface area contributed by atoms with Crippen LogP contribution in [0.25, 0.3) is 16.9 Å². The Kier molecular flexibility index (Phi) is 8.26. The molecule has 1 aromatic heterocycles. The normalized spacial score (nSPS) is 10.4. The van der Waals surface area contributed by atoms with E-state index in [1.165, 1.54) is 0 Å². The number of hydrogen-bond donors (Lipinski definition) is 2. The van der Waals surface area contributed by atoms with Gasteiger partial charge in [-0.3, -0.25) is 9.59 Å². The van der Waals surface area contributed by atoms with Gasteiger partial charge < -0.3 is 5.11 Å². The summed E-state index contributed by atoms with van der Waals surface area (Å²) < 4.78 is 2.72. The summed E-state index contributed by atoms with van der Waals surface area (Å²) in [5, 5.41) is 16.3. The molecule has 0 aliphatic rings. The standard InChI is InChI=1S/C23H17BrN4O.C2H4O2/c24-20-13-11-18(12-14-20)23(29)26-25-15-19-16-28(21-9-5-2-6-10-21)27-22(19)17-7-3-1-4-8-17;1-2(3)4/h1-16H,(H,26,29);1H3,(H,3,4)/b25-15+;. The fourth-order valence-electron chi connectivity index (χ4n) is 2.84. The SMILES string of the molecule is CC(=O)O.O=C(N/N=C/c1cn(-c2ccccc2)nc1-c1ccccc1)c1ccc(Br)cc1. The van der Waals surface area contributed by atoms with Crippen LogP contribution in [0.15, 0.2) is 101 Å². The Morgan fingerprint density at radius 1 is 0.970 bits per heavy atom. The number of aromatic nitrogens is 2. The highest BCUT2D eigenvalue weighted by Gasteiger charge is 2.11. The van der Waals surface area contributed by atoms with Crippen LogP contribution in [0.4, 0.5) is 0 Å². The van der Waals surface area contributed by atoms with Crippen LogP contribution in [0, 0.1) is 0 Å². The predicted molar refractivity (Wildman–Crippen MR) is 132 cm³/mol. The molecule has 4 aromatic rings. The Morgan fingerprint density at radius 2 is 1.55 bits per heavy atom. The number of carbonyl (C=O) groups is 2. The molecule has 33 heavy (non-hydrogen) atoms. The van der Waals surface area contributed by atoms with E-state index < -0.39 is 5.97 Å². The lowest BCUT2D eigenvalue weighted by molar-refractivity contribution is -0.134. The topological polar surface area (TPSA) is 96.6 Å². The fraction of sp³-hybridized carbons (Fsp3) is 0.0400. The zero-order valence-electron chi connectivity index (χ0n) is 17.7. The molecule has 2 N–H and O–H groups in total. The lowest BCUT2D eigenvalue weighted by Crippen LogP contribution is -2.17. The van der Waals surface area contributed by atoms with Crippen LogP contribution in [0.5, 0.6) is 0 Å². The third-order valence-electron chi connectivity index (χ3n) is 4.29. The number of carbonyl (C=O) groups excluding carboxylic acids is 1. The highest BCUT2D eigenvalue weighted by Crippen LogP contribution is 2.22. The quantitative estimate of drug-likeness (QED) is 0.290. The molecular weight excluding hydrogens is 484 g/mol. The van der Waals surface area contributed by atoms with Gasteiger partial charge in [0.2, 0.25) is 0 Å². The number of carboxylic acids is 1. The van der Waals surface area contributed by atoms with Crippen molar-refractivity contribution in [2.24, 2.45) is 5.10 Å². The molecule has 1 heterocycles. The smallest absolute Gasteiger partial charge is 0.300 e. The van der Waals surface area contributed by atoms with Crippen molar-refractivity contribution in [3.63, 3.8) is 0 Å². The highest BCUT2D eigenvalue weighted by atomic mass is 79.9. The zero-order valence-corrected chi connectivity index (χ0v) is 19.3. The van der Waals surface area contributed by atoms with Crippen molar-refractivity contribution < 1.29 is 14.7 Å². The average Bonchev–Trinajstić information content (AvgIpc) is 3.24. The van der Waals surface area contributed by atoms with Gasteiger partial charge in [-0.15, -0.1) is 0 Å². The van der Waals surface area contributed by atoms with Gasteiger partial charge in [0.1, 0.15) is 5.69 Å². The summed E-state index contributed by atoms with van der Waals surface area (Å²) in [6.07, 6.45) is 3.51. The van der Waals surface area contributed by atoms with E-state index in [2.05, 4.69) is 26.5 Å². The molecule has 0 radical (unpaired) electrons. The number of amides is 1. The molecule has 3 aromatic carbocycles. The number of hydrogen-bond acceptors (Lipinski definition) is 4. The van der Waals surface area contributed by atoms with Gasteiger partial charge in [-0.1, -0.05) is 64.5 Å². The molecule has 1 amide bonds. The van der Waals surface area contributed by atoms with Gasteiger partial charge in [-0.25, -0.2) is 10.1 Å². The van der Waals surface area contributed by atoms with E-state index in [9.17, 15) is 4.79 Å². The van der Waals surface area contributed by atoms with E-state index in [4.69, 9.17) is 15.0 Å². The second kappa shape index (κ2) is 11.5. The van der Waals surface area contributed by atoms with Crippen LogP contribution in [0.3, 0.4) is 0 Å². The second-order valence-electron chi connectivity index (χ2n) is 6.80. The zero-order chi connectivity index (χ0) is 23.6. The number of rotatable bonds is 5. The first kappa shape index (κ1) is 23.6. The molecule has 0 saturated heterocycles. The van der Waals surface area contributed by atoms with Crippen molar-refractivity contribution in [2.45, 2.75) is 6.92 Å². The van der Waals surface area contributed by atoms with Crippen LogP contribution < -0.4 is 5.43 Å². The fourth-order valence-corrected chi connectivity index (χ4v) is 3.11. The molecule has 0 fully saturated rings. The summed E-state index contributed by atoms with van der Waals surface area (Å²) in [5.41, 5.74) is 6.62. The summed E-state index contributed by atoms with van der Waals surface area (Å²) in [5.74, 6) is -1.11. The Bertz CT molecular complexity index is 1230. The molecule has 0 aliphatic carbocycles. The molecule has 0 spiro atoms. The lowest BCUT2D eigenvalue weighted by Gasteiger charge is -2.00. The summed E-state index contributed by atoms with van der Waals surface area (Å²) in [6.45, 7) is 1.08. The number of para-hydroxylation sites is 1. The minimum absolute atomic E-state index is 0.273. The molecule has 8 heteroatoms. The number of hydrazone groups is 1. The predicted octanol–water partition coefficient (Wildman–Crippen LogP) is 5.16. The van der Waals surface area contributed by atoms with Gasteiger partial charge >= 0.3 is 0 Å². The number of halogens is 1. The van der Waals surface area contributed by atoms with Gasteiger partial charge in [0.15, 0.2) is 0 Å².